The highest BCUT2D eigenvalue weighted by molar-refractivity contribution is 5.22. The van der Waals surface area contributed by atoms with Gasteiger partial charge in [-0.3, -0.25) is 4.90 Å². The number of ether oxygens (including phenoxy) is 2. The second kappa shape index (κ2) is 7.69. The molecule has 2 atom stereocenters. The Morgan fingerprint density at radius 3 is 2.96 bits per heavy atom. The molecule has 4 heterocycles. The van der Waals surface area contributed by atoms with Crippen molar-refractivity contribution < 1.29 is 9.47 Å². The molecule has 2 aromatic rings. The number of nitrogens with one attached hydrogen (secondary N) is 1. The van der Waals surface area contributed by atoms with Gasteiger partial charge in [0, 0.05) is 57.4 Å². The average molecular weight is 358 g/mol. The zero-order chi connectivity index (χ0) is 17.8. The first-order chi connectivity index (χ1) is 12.7. The van der Waals surface area contributed by atoms with Crippen molar-refractivity contribution in [2.75, 3.05) is 44.8 Å². The van der Waals surface area contributed by atoms with Crippen molar-refractivity contribution in [3.05, 3.63) is 36.7 Å². The number of aryl methyl sites for hydroxylation is 1. The first-order valence-corrected chi connectivity index (χ1v) is 9.14. The molecule has 0 aliphatic carbocycles. The molecule has 8 heteroatoms. The maximum Gasteiger partial charge on any atom is 0.222 e. The highest BCUT2D eigenvalue weighted by Crippen LogP contribution is 2.33. The molecule has 0 bridgehead atoms. The molecule has 1 spiro atoms. The van der Waals surface area contributed by atoms with Crippen LogP contribution < -0.4 is 5.32 Å². The number of hydrogen-bond donors (Lipinski definition) is 1. The van der Waals surface area contributed by atoms with Crippen LogP contribution in [0, 0.1) is 5.92 Å². The van der Waals surface area contributed by atoms with E-state index in [2.05, 4.69) is 29.7 Å². The number of rotatable bonds is 5. The lowest BCUT2D eigenvalue weighted by Crippen LogP contribution is -2.44. The molecule has 0 saturated carbocycles. The van der Waals surface area contributed by atoms with Crippen LogP contribution in [0.2, 0.25) is 0 Å². The van der Waals surface area contributed by atoms with Crippen molar-refractivity contribution in [2.45, 2.75) is 18.6 Å². The number of aromatic nitrogens is 4. The summed E-state index contributed by atoms with van der Waals surface area (Å²) in [6.45, 7) is 5.53. The molecule has 2 fully saturated rings. The molecule has 2 aliphatic rings. The summed E-state index contributed by atoms with van der Waals surface area (Å²) >= 11 is 0. The molecular weight excluding hydrogens is 332 g/mol. The molecule has 140 valence electrons. The molecule has 1 N–H and O–H groups in total. The van der Waals surface area contributed by atoms with Crippen molar-refractivity contribution in [1.82, 2.24) is 24.4 Å². The maximum atomic E-state index is 6.27. The van der Waals surface area contributed by atoms with Crippen LogP contribution in [0.1, 0.15) is 12.2 Å². The maximum absolute atomic E-state index is 6.27. The summed E-state index contributed by atoms with van der Waals surface area (Å²) in [5, 5.41) is 3.31. The van der Waals surface area contributed by atoms with Gasteiger partial charge in [-0.1, -0.05) is 0 Å². The van der Waals surface area contributed by atoms with Gasteiger partial charge in [0.2, 0.25) is 5.95 Å². The molecule has 4 rings (SSSR count). The topological polar surface area (TPSA) is 77.3 Å². The predicted octanol–water partition coefficient (Wildman–Crippen LogP) is 0.930. The van der Waals surface area contributed by atoms with Gasteiger partial charge in [0.05, 0.1) is 26.4 Å². The van der Waals surface area contributed by atoms with Gasteiger partial charge < -0.3 is 19.4 Å². The van der Waals surface area contributed by atoms with Crippen LogP contribution in [-0.2, 0) is 23.1 Å². The summed E-state index contributed by atoms with van der Waals surface area (Å²) < 4.78 is 14.2. The van der Waals surface area contributed by atoms with E-state index < -0.39 is 0 Å². The lowest BCUT2D eigenvalue weighted by atomic mass is 9.94. The largest absolute Gasteiger partial charge is 0.377 e. The minimum atomic E-state index is -0.231. The summed E-state index contributed by atoms with van der Waals surface area (Å²) in [6.07, 6.45) is 8.30. The fraction of sp³-hybridized carbons (Fsp3) is 0.611. The summed E-state index contributed by atoms with van der Waals surface area (Å²) in [7, 11) is 2.03. The number of imidazole rings is 1. The number of anilines is 1. The number of nitrogens with zero attached hydrogens (tertiary/aromatic N) is 5. The van der Waals surface area contributed by atoms with Crippen molar-refractivity contribution >= 4 is 5.95 Å². The van der Waals surface area contributed by atoms with E-state index in [4.69, 9.17) is 9.47 Å². The van der Waals surface area contributed by atoms with Crippen LogP contribution in [-0.4, -0.2) is 69.5 Å². The zero-order valence-corrected chi connectivity index (χ0v) is 15.2. The monoisotopic (exact) mass is 358 g/mol. The minimum absolute atomic E-state index is 0.231. The summed E-state index contributed by atoms with van der Waals surface area (Å²) in [5.74, 6) is 2.16. The lowest BCUT2D eigenvalue weighted by Gasteiger charge is -2.31. The van der Waals surface area contributed by atoms with Crippen molar-refractivity contribution in [2.24, 2.45) is 13.0 Å². The summed E-state index contributed by atoms with van der Waals surface area (Å²) in [5.41, 5.74) is -0.231. The third kappa shape index (κ3) is 4.03. The van der Waals surface area contributed by atoms with Gasteiger partial charge in [0.15, 0.2) is 0 Å². The highest BCUT2D eigenvalue weighted by Gasteiger charge is 2.43. The number of hydrogen-bond acceptors (Lipinski definition) is 7. The van der Waals surface area contributed by atoms with E-state index in [9.17, 15) is 0 Å². The molecule has 2 saturated heterocycles. The molecule has 2 aromatic heterocycles. The second-order valence-electron chi connectivity index (χ2n) is 7.24. The third-order valence-electron chi connectivity index (χ3n) is 5.12. The fourth-order valence-electron chi connectivity index (χ4n) is 3.77. The van der Waals surface area contributed by atoms with Gasteiger partial charge in [-0.05, 0) is 12.5 Å². The SMILES string of the molecule is Cn1ccnc1CN1CCOC[C@@]2(C[C@@H](CNc3ncccn3)CO2)C1. The van der Waals surface area contributed by atoms with Crippen LogP contribution in [0.4, 0.5) is 5.95 Å². The van der Waals surface area contributed by atoms with E-state index in [1.807, 2.05) is 25.5 Å². The first-order valence-electron chi connectivity index (χ1n) is 9.14. The van der Waals surface area contributed by atoms with E-state index in [1.54, 1.807) is 12.4 Å². The minimum Gasteiger partial charge on any atom is -0.377 e. The van der Waals surface area contributed by atoms with Crippen molar-refractivity contribution in [3.8, 4) is 0 Å². The van der Waals surface area contributed by atoms with E-state index in [0.29, 0.717) is 18.5 Å². The summed E-state index contributed by atoms with van der Waals surface area (Å²) in [4.78, 5) is 15.3. The Bertz CT molecular complexity index is 709. The van der Waals surface area contributed by atoms with Gasteiger partial charge in [-0.15, -0.1) is 0 Å². The molecule has 2 aliphatic heterocycles. The summed E-state index contributed by atoms with van der Waals surface area (Å²) in [6, 6.07) is 1.82. The Morgan fingerprint density at radius 2 is 2.15 bits per heavy atom. The Morgan fingerprint density at radius 1 is 1.27 bits per heavy atom. The van der Waals surface area contributed by atoms with E-state index in [1.165, 1.54) is 0 Å². The Kier molecular flexibility index (Phi) is 5.14. The van der Waals surface area contributed by atoms with Gasteiger partial charge in [-0.25, -0.2) is 15.0 Å². The molecule has 0 radical (unpaired) electrons. The van der Waals surface area contributed by atoms with E-state index in [-0.39, 0.29) is 5.60 Å². The normalized spacial score (nSPS) is 26.9. The van der Waals surface area contributed by atoms with Gasteiger partial charge in [0.25, 0.3) is 0 Å². The molecule has 8 nitrogen and oxygen atoms in total. The van der Waals surface area contributed by atoms with Crippen molar-refractivity contribution in [1.29, 1.82) is 0 Å². The standard InChI is InChI=1S/C18H26N6O2/c1-23-6-5-19-16(23)11-24-7-8-25-14-18(13-24)9-15(12-26-18)10-22-17-20-3-2-4-21-17/h2-6,15H,7-14H2,1H3,(H,20,21,22)/t15-,18+/m0/s1. The molecule has 0 amide bonds. The van der Waals surface area contributed by atoms with E-state index >= 15 is 0 Å². The average Bonchev–Trinajstić information content (AvgIpc) is 3.18. The second-order valence-corrected chi connectivity index (χ2v) is 7.24. The van der Waals surface area contributed by atoms with Crippen LogP contribution in [0.3, 0.4) is 0 Å². The van der Waals surface area contributed by atoms with Crippen LogP contribution in [0.15, 0.2) is 30.9 Å². The smallest absolute Gasteiger partial charge is 0.222 e. The Hall–Kier alpha value is -2.03. The quantitative estimate of drug-likeness (QED) is 0.852. The molecular formula is C18H26N6O2. The fourth-order valence-corrected chi connectivity index (χ4v) is 3.77. The van der Waals surface area contributed by atoms with Crippen LogP contribution in [0.5, 0.6) is 0 Å². The molecule has 0 aromatic carbocycles. The molecule has 0 unspecified atom stereocenters. The molecule has 26 heavy (non-hydrogen) atoms. The van der Waals surface area contributed by atoms with Gasteiger partial charge in [-0.2, -0.15) is 0 Å². The van der Waals surface area contributed by atoms with Crippen LogP contribution in [0.25, 0.3) is 0 Å². The third-order valence-corrected chi connectivity index (χ3v) is 5.12. The predicted molar refractivity (Wildman–Crippen MR) is 96.6 cm³/mol. The van der Waals surface area contributed by atoms with Crippen LogP contribution >= 0.6 is 0 Å². The Balaban J connectivity index is 1.35. The van der Waals surface area contributed by atoms with Gasteiger partial charge >= 0.3 is 0 Å². The lowest BCUT2D eigenvalue weighted by molar-refractivity contribution is -0.0564. The zero-order valence-electron chi connectivity index (χ0n) is 15.2. The Labute approximate surface area is 153 Å². The highest BCUT2D eigenvalue weighted by atomic mass is 16.5. The first kappa shape index (κ1) is 17.4. The van der Waals surface area contributed by atoms with Crippen molar-refractivity contribution in [3.63, 3.8) is 0 Å². The van der Waals surface area contributed by atoms with Gasteiger partial charge in [0.1, 0.15) is 11.4 Å². The van der Waals surface area contributed by atoms with E-state index in [0.717, 1.165) is 51.6 Å².